The molecule has 3 rings (SSSR count). The first-order valence-corrected chi connectivity index (χ1v) is 7.72. The predicted molar refractivity (Wildman–Crippen MR) is 81.3 cm³/mol. The number of amides is 1. The Hall–Kier alpha value is -2.18. The van der Waals surface area contributed by atoms with Gasteiger partial charge in [0.25, 0.3) is 0 Å². The lowest BCUT2D eigenvalue weighted by atomic mass is 10.1. The molecule has 1 amide bonds. The molecule has 1 atom stereocenters. The average Bonchev–Trinajstić information content (AvgIpc) is 3.00. The van der Waals surface area contributed by atoms with E-state index < -0.39 is 0 Å². The zero-order valence-electron chi connectivity index (χ0n) is 13.3. The van der Waals surface area contributed by atoms with Crippen LogP contribution >= 0.6 is 0 Å². The summed E-state index contributed by atoms with van der Waals surface area (Å²) in [4.78, 5) is 12.1. The molecule has 0 unspecified atom stereocenters. The van der Waals surface area contributed by atoms with Crippen molar-refractivity contribution in [1.29, 1.82) is 0 Å². The first-order chi connectivity index (χ1) is 10.5. The van der Waals surface area contributed by atoms with Crippen molar-refractivity contribution in [2.24, 2.45) is 0 Å². The van der Waals surface area contributed by atoms with E-state index in [1.54, 1.807) is 0 Å². The van der Waals surface area contributed by atoms with Gasteiger partial charge < -0.3 is 9.88 Å². The summed E-state index contributed by atoms with van der Waals surface area (Å²) in [5, 5.41) is 15.7. The molecule has 0 aliphatic carbocycles. The Morgan fingerprint density at radius 3 is 2.91 bits per heavy atom. The fraction of sp³-hybridized carbons (Fsp3) is 0.600. The lowest BCUT2D eigenvalue weighted by molar-refractivity contribution is -0.122. The molecule has 0 radical (unpaired) electrons. The van der Waals surface area contributed by atoms with Gasteiger partial charge in [-0.3, -0.25) is 9.48 Å². The fourth-order valence-corrected chi connectivity index (χ4v) is 2.99. The van der Waals surface area contributed by atoms with Gasteiger partial charge in [0.05, 0.1) is 5.69 Å². The van der Waals surface area contributed by atoms with Gasteiger partial charge in [0.1, 0.15) is 11.6 Å². The van der Waals surface area contributed by atoms with Gasteiger partial charge in [-0.2, -0.15) is 5.10 Å². The minimum absolute atomic E-state index is 0.0757. The van der Waals surface area contributed by atoms with Crippen LogP contribution in [0.15, 0.2) is 6.07 Å². The standard InChI is InChI=1S/C15H22N6O/c1-10-8-11(2)21(19-10)7-6-15(22)16-13-4-5-14-18-17-12(3)20(14)9-13/h8,13H,4-7,9H2,1-3H3,(H,16,22)/t13-/m1/s1. The first kappa shape index (κ1) is 14.7. The average molecular weight is 302 g/mol. The van der Waals surface area contributed by atoms with E-state index in [1.165, 1.54) is 0 Å². The molecule has 2 aromatic heterocycles. The molecule has 0 saturated heterocycles. The van der Waals surface area contributed by atoms with Gasteiger partial charge in [-0.1, -0.05) is 0 Å². The van der Waals surface area contributed by atoms with Crippen LogP contribution in [0.2, 0.25) is 0 Å². The number of hydrogen-bond donors (Lipinski definition) is 1. The number of aryl methyl sites for hydroxylation is 5. The minimum atomic E-state index is 0.0757. The Morgan fingerprint density at radius 2 is 2.18 bits per heavy atom. The summed E-state index contributed by atoms with van der Waals surface area (Å²) in [6, 6.07) is 2.19. The minimum Gasteiger partial charge on any atom is -0.352 e. The molecule has 118 valence electrons. The number of nitrogens with one attached hydrogen (secondary N) is 1. The quantitative estimate of drug-likeness (QED) is 0.911. The van der Waals surface area contributed by atoms with Crippen LogP contribution in [-0.4, -0.2) is 36.5 Å². The van der Waals surface area contributed by atoms with Crippen molar-refractivity contribution >= 4 is 5.91 Å². The summed E-state index contributed by atoms with van der Waals surface area (Å²) >= 11 is 0. The molecule has 22 heavy (non-hydrogen) atoms. The Kier molecular flexibility index (Phi) is 3.96. The van der Waals surface area contributed by atoms with E-state index in [9.17, 15) is 4.79 Å². The molecule has 1 aliphatic rings. The number of hydrogen-bond acceptors (Lipinski definition) is 4. The number of rotatable bonds is 4. The van der Waals surface area contributed by atoms with E-state index in [-0.39, 0.29) is 11.9 Å². The van der Waals surface area contributed by atoms with Crippen molar-refractivity contribution in [3.8, 4) is 0 Å². The number of carbonyl (C=O) groups excluding carboxylic acids is 1. The maximum absolute atomic E-state index is 12.1. The van der Waals surface area contributed by atoms with Crippen molar-refractivity contribution in [3.05, 3.63) is 29.1 Å². The maximum Gasteiger partial charge on any atom is 0.222 e. The molecule has 3 heterocycles. The van der Waals surface area contributed by atoms with Crippen molar-refractivity contribution in [2.75, 3.05) is 0 Å². The van der Waals surface area contributed by atoms with Crippen LogP contribution in [0, 0.1) is 20.8 Å². The molecule has 0 spiro atoms. The van der Waals surface area contributed by atoms with Crippen LogP contribution in [-0.2, 0) is 24.3 Å². The monoisotopic (exact) mass is 302 g/mol. The highest BCUT2D eigenvalue weighted by Crippen LogP contribution is 2.14. The molecule has 7 nitrogen and oxygen atoms in total. The second kappa shape index (κ2) is 5.90. The lowest BCUT2D eigenvalue weighted by Gasteiger charge is -2.25. The molecule has 0 bridgehead atoms. The highest BCUT2D eigenvalue weighted by Gasteiger charge is 2.22. The van der Waals surface area contributed by atoms with Gasteiger partial charge in [-0.05, 0) is 33.3 Å². The van der Waals surface area contributed by atoms with Gasteiger partial charge in [0.15, 0.2) is 0 Å². The van der Waals surface area contributed by atoms with Crippen molar-refractivity contribution in [1.82, 2.24) is 29.9 Å². The normalized spacial score (nSPS) is 17.3. The van der Waals surface area contributed by atoms with Crippen LogP contribution in [0.5, 0.6) is 0 Å². The Labute approximate surface area is 129 Å². The lowest BCUT2D eigenvalue weighted by Crippen LogP contribution is -2.41. The number of carbonyl (C=O) groups is 1. The van der Waals surface area contributed by atoms with E-state index in [0.717, 1.165) is 42.4 Å². The Morgan fingerprint density at radius 1 is 1.36 bits per heavy atom. The van der Waals surface area contributed by atoms with Crippen molar-refractivity contribution < 1.29 is 4.79 Å². The third-order valence-electron chi connectivity index (χ3n) is 4.15. The molecule has 2 aromatic rings. The van der Waals surface area contributed by atoms with Gasteiger partial charge >= 0.3 is 0 Å². The zero-order valence-corrected chi connectivity index (χ0v) is 13.3. The molecule has 0 fully saturated rings. The third kappa shape index (κ3) is 3.03. The van der Waals surface area contributed by atoms with Gasteiger partial charge in [0, 0.05) is 37.7 Å². The van der Waals surface area contributed by atoms with Crippen molar-refractivity contribution in [2.45, 2.75) is 59.2 Å². The highest BCUT2D eigenvalue weighted by molar-refractivity contribution is 5.76. The van der Waals surface area contributed by atoms with E-state index in [2.05, 4.69) is 25.2 Å². The summed E-state index contributed by atoms with van der Waals surface area (Å²) in [5.74, 6) is 2.01. The van der Waals surface area contributed by atoms with Crippen LogP contribution in [0.1, 0.15) is 35.9 Å². The van der Waals surface area contributed by atoms with Gasteiger partial charge in [-0.15, -0.1) is 10.2 Å². The van der Waals surface area contributed by atoms with E-state index in [4.69, 9.17) is 0 Å². The Bertz CT molecular complexity index is 686. The third-order valence-corrected chi connectivity index (χ3v) is 4.15. The summed E-state index contributed by atoms with van der Waals surface area (Å²) in [7, 11) is 0. The maximum atomic E-state index is 12.1. The van der Waals surface area contributed by atoms with Crippen LogP contribution < -0.4 is 5.32 Å². The van der Waals surface area contributed by atoms with Crippen LogP contribution in [0.4, 0.5) is 0 Å². The SMILES string of the molecule is Cc1cc(C)n(CCC(=O)N[C@@H]2CCc3nnc(C)n3C2)n1. The van der Waals surface area contributed by atoms with E-state index >= 15 is 0 Å². The smallest absolute Gasteiger partial charge is 0.222 e. The molecule has 0 saturated carbocycles. The molecule has 7 heteroatoms. The summed E-state index contributed by atoms with van der Waals surface area (Å²) < 4.78 is 3.98. The second-order valence-corrected chi connectivity index (χ2v) is 5.98. The summed E-state index contributed by atoms with van der Waals surface area (Å²) in [6.07, 6.45) is 2.24. The fourth-order valence-electron chi connectivity index (χ4n) is 2.99. The number of nitrogens with zero attached hydrogens (tertiary/aromatic N) is 5. The number of aromatic nitrogens is 5. The van der Waals surface area contributed by atoms with Crippen molar-refractivity contribution in [3.63, 3.8) is 0 Å². The number of fused-ring (bicyclic) bond motifs is 1. The molecule has 0 aromatic carbocycles. The molecular weight excluding hydrogens is 280 g/mol. The first-order valence-electron chi connectivity index (χ1n) is 7.72. The second-order valence-electron chi connectivity index (χ2n) is 5.98. The molecular formula is C15H22N6O. The van der Waals surface area contributed by atoms with Crippen LogP contribution in [0.25, 0.3) is 0 Å². The largest absolute Gasteiger partial charge is 0.352 e. The zero-order chi connectivity index (χ0) is 15.7. The topological polar surface area (TPSA) is 77.6 Å². The highest BCUT2D eigenvalue weighted by atomic mass is 16.1. The molecule has 1 N–H and O–H groups in total. The van der Waals surface area contributed by atoms with E-state index in [1.807, 2.05) is 31.5 Å². The van der Waals surface area contributed by atoms with Crippen LogP contribution in [0.3, 0.4) is 0 Å². The summed E-state index contributed by atoms with van der Waals surface area (Å²) in [5.41, 5.74) is 2.08. The van der Waals surface area contributed by atoms with Gasteiger partial charge in [-0.25, -0.2) is 0 Å². The summed E-state index contributed by atoms with van der Waals surface area (Å²) in [6.45, 7) is 7.30. The molecule has 1 aliphatic heterocycles. The Balaban J connectivity index is 1.52. The van der Waals surface area contributed by atoms with Gasteiger partial charge in [0.2, 0.25) is 5.91 Å². The predicted octanol–water partition coefficient (Wildman–Crippen LogP) is 0.921. The van der Waals surface area contributed by atoms with E-state index in [0.29, 0.717) is 13.0 Å².